The molecule has 5 rings (SSSR count). The third kappa shape index (κ3) is 5.32. The number of fused-ring (bicyclic) bond motifs is 2. The van der Waals surface area contributed by atoms with Crippen molar-refractivity contribution in [2.24, 2.45) is 5.41 Å². The topological polar surface area (TPSA) is 80.5 Å². The zero-order chi connectivity index (χ0) is 27.9. The van der Waals surface area contributed by atoms with Crippen molar-refractivity contribution >= 4 is 22.7 Å². The fourth-order valence-electron chi connectivity index (χ4n) is 6.36. The average Bonchev–Trinajstić information content (AvgIpc) is 3.61. The molecule has 5 atom stereocenters. The van der Waals surface area contributed by atoms with E-state index in [1.165, 1.54) is 17.7 Å². The van der Waals surface area contributed by atoms with Crippen molar-refractivity contribution in [3.05, 3.63) is 71.7 Å². The van der Waals surface area contributed by atoms with Crippen LogP contribution in [0.15, 0.2) is 54.7 Å². The van der Waals surface area contributed by atoms with Crippen molar-refractivity contribution in [1.29, 1.82) is 0 Å². The number of aromatic nitrogens is 1. The van der Waals surface area contributed by atoms with Crippen molar-refractivity contribution in [2.45, 2.75) is 70.7 Å². The maximum atomic E-state index is 14.3. The molecule has 3 N–H and O–H groups in total. The number of hydrogen-bond donors (Lipinski definition) is 3. The molecule has 2 aliphatic rings. The number of likely N-dealkylation sites (tertiary alicyclic amines) is 2. The summed E-state index contributed by atoms with van der Waals surface area (Å²) in [5.41, 5.74) is 2.65. The molecule has 2 saturated heterocycles. The van der Waals surface area contributed by atoms with E-state index in [1.807, 2.05) is 44.0 Å². The van der Waals surface area contributed by atoms with Crippen molar-refractivity contribution in [1.82, 2.24) is 25.4 Å². The fraction of sp³-hybridized carbons (Fsp3) is 0.484. The van der Waals surface area contributed by atoms with Crippen molar-refractivity contribution in [3.63, 3.8) is 0 Å². The van der Waals surface area contributed by atoms with Crippen LogP contribution in [0.25, 0.3) is 10.9 Å². The molecule has 7 nitrogen and oxygen atoms in total. The average molecular weight is 534 g/mol. The van der Waals surface area contributed by atoms with Crippen LogP contribution in [0.4, 0.5) is 4.39 Å². The molecule has 208 valence electrons. The molecule has 2 fully saturated rings. The van der Waals surface area contributed by atoms with Crippen LogP contribution in [0.1, 0.15) is 51.2 Å². The summed E-state index contributed by atoms with van der Waals surface area (Å²) in [4.78, 5) is 34.9. The van der Waals surface area contributed by atoms with Gasteiger partial charge in [0.2, 0.25) is 11.8 Å². The first-order valence-corrected chi connectivity index (χ1v) is 13.9. The molecule has 0 spiro atoms. The van der Waals surface area contributed by atoms with Gasteiger partial charge in [0.15, 0.2) is 0 Å². The zero-order valence-electron chi connectivity index (χ0n) is 23.5. The minimum Gasteiger partial charge on any atom is -0.361 e. The molecule has 3 aromatic rings. The summed E-state index contributed by atoms with van der Waals surface area (Å²) in [5.74, 6) is -0.446. The van der Waals surface area contributed by atoms with Crippen LogP contribution in [0.2, 0.25) is 0 Å². The van der Waals surface area contributed by atoms with Crippen LogP contribution in [0.5, 0.6) is 0 Å². The molecule has 2 aromatic carbocycles. The SMILES string of the molecule is CN[C@@H](C)C(=O)N[C@H](C(=O)N1CC[C@@H]2[C@H]1[C@@H](c1c[nH]c3cc(F)ccc13)CN2Cc1ccccc1)C(C)(C)C. The van der Waals surface area contributed by atoms with Crippen LogP contribution in [0, 0.1) is 11.2 Å². The second-order valence-corrected chi connectivity index (χ2v) is 12.2. The van der Waals surface area contributed by atoms with Gasteiger partial charge in [-0.15, -0.1) is 0 Å². The second-order valence-electron chi connectivity index (χ2n) is 12.2. The number of benzene rings is 2. The first-order chi connectivity index (χ1) is 18.6. The number of carbonyl (C=O) groups is 2. The van der Waals surface area contributed by atoms with E-state index in [2.05, 4.69) is 44.8 Å². The Hall–Kier alpha value is -3.23. The highest BCUT2D eigenvalue weighted by Crippen LogP contribution is 2.44. The summed E-state index contributed by atoms with van der Waals surface area (Å²) in [6.45, 7) is 10.0. The molecule has 2 amide bonds. The first-order valence-electron chi connectivity index (χ1n) is 13.9. The number of H-pyrrole nitrogens is 1. The minimum absolute atomic E-state index is 0.0379. The van der Waals surface area contributed by atoms with E-state index >= 15 is 0 Å². The lowest BCUT2D eigenvalue weighted by atomic mass is 9.84. The number of carbonyl (C=O) groups excluding carboxylic acids is 2. The zero-order valence-corrected chi connectivity index (χ0v) is 23.5. The fourth-order valence-corrected chi connectivity index (χ4v) is 6.36. The summed E-state index contributed by atoms with van der Waals surface area (Å²) in [6.07, 6.45) is 2.85. The lowest BCUT2D eigenvalue weighted by Crippen LogP contribution is -2.58. The Labute approximate surface area is 230 Å². The third-order valence-corrected chi connectivity index (χ3v) is 8.55. The highest BCUT2D eigenvalue weighted by atomic mass is 19.1. The van der Waals surface area contributed by atoms with Gasteiger partial charge in [0, 0.05) is 48.7 Å². The minimum atomic E-state index is -0.652. The van der Waals surface area contributed by atoms with Gasteiger partial charge in [-0.25, -0.2) is 4.39 Å². The molecular weight excluding hydrogens is 493 g/mol. The van der Waals surface area contributed by atoms with Gasteiger partial charge in [0.25, 0.3) is 0 Å². The Morgan fingerprint density at radius 2 is 1.90 bits per heavy atom. The molecule has 39 heavy (non-hydrogen) atoms. The Bertz CT molecular complexity index is 1330. The number of nitrogens with one attached hydrogen (secondary N) is 3. The standard InChI is InChI=1S/C31H40FN5O2/c1-19(33-5)29(38)35-28(31(2,3)4)30(39)37-14-13-26-27(37)24(18-36(26)17-20-9-7-6-8-10-20)23-16-34-25-15-21(32)11-12-22(23)25/h6-12,15-16,19,24,26-28,33-34H,13-14,17-18H2,1-5H3,(H,35,38)/t19-,24+,26+,27+,28+/m0/s1. The predicted molar refractivity (Wildman–Crippen MR) is 152 cm³/mol. The molecule has 0 aliphatic carbocycles. The summed E-state index contributed by atoms with van der Waals surface area (Å²) in [6, 6.07) is 14.4. The molecule has 0 bridgehead atoms. The summed E-state index contributed by atoms with van der Waals surface area (Å²) in [5, 5.41) is 7.01. The predicted octanol–water partition coefficient (Wildman–Crippen LogP) is 4.01. The van der Waals surface area contributed by atoms with Gasteiger partial charge in [0.1, 0.15) is 11.9 Å². The van der Waals surface area contributed by atoms with Crippen molar-refractivity contribution in [2.75, 3.05) is 20.1 Å². The van der Waals surface area contributed by atoms with Gasteiger partial charge in [0.05, 0.1) is 12.1 Å². The van der Waals surface area contributed by atoms with E-state index < -0.39 is 17.5 Å². The number of hydrogen-bond acceptors (Lipinski definition) is 4. The number of halogens is 1. The summed E-state index contributed by atoms with van der Waals surface area (Å²) >= 11 is 0. The number of rotatable bonds is 7. The van der Waals surface area contributed by atoms with E-state index in [1.54, 1.807) is 14.0 Å². The monoisotopic (exact) mass is 533 g/mol. The second kappa shape index (κ2) is 10.7. The maximum absolute atomic E-state index is 14.3. The van der Waals surface area contributed by atoms with Crippen molar-refractivity contribution in [3.8, 4) is 0 Å². The normalized spacial score (nSPS) is 23.1. The van der Waals surface area contributed by atoms with Gasteiger partial charge in [-0.05, 0) is 55.1 Å². The lowest BCUT2D eigenvalue weighted by molar-refractivity contribution is -0.140. The number of amides is 2. The third-order valence-electron chi connectivity index (χ3n) is 8.55. The molecule has 0 radical (unpaired) electrons. The van der Waals surface area contributed by atoms with Crippen LogP contribution >= 0.6 is 0 Å². The first kappa shape index (κ1) is 27.3. The largest absolute Gasteiger partial charge is 0.361 e. The molecule has 1 aromatic heterocycles. The van der Waals surface area contributed by atoms with Crippen molar-refractivity contribution < 1.29 is 14.0 Å². The van der Waals surface area contributed by atoms with E-state index in [0.717, 1.165) is 36.0 Å². The molecular formula is C31H40FN5O2. The molecule has 2 aliphatic heterocycles. The van der Waals surface area contributed by atoms with Crippen LogP contribution in [-0.4, -0.2) is 70.9 Å². The van der Waals surface area contributed by atoms with Crippen LogP contribution in [-0.2, 0) is 16.1 Å². The number of aromatic amines is 1. The molecule has 3 heterocycles. The molecule has 0 unspecified atom stereocenters. The highest BCUT2D eigenvalue weighted by molar-refractivity contribution is 5.91. The quantitative estimate of drug-likeness (QED) is 0.429. The Morgan fingerprint density at radius 1 is 1.15 bits per heavy atom. The van der Waals surface area contributed by atoms with E-state index in [9.17, 15) is 14.0 Å². The summed E-state index contributed by atoms with van der Waals surface area (Å²) < 4.78 is 14.0. The van der Waals surface area contributed by atoms with Crippen LogP contribution < -0.4 is 10.6 Å². The smallest absolute Gasteiger partial charge is 0.246 e. The van der Waals surface area contributed by atoms with Crippen LogP contribution in [0.3, 0.4) is 0 Å². The van der Waals surface area contributed by atoms with E-state index in [0.29, 0.717) is 6.54 Å². The summed E-state index contributed by atoms with van der Waals surface area (Å²) in [7, 11) is 1.74. The molecule has 0 saturated carbocycles. The van der Waals surface area contributed by atoms with Gasteiger partial charge >= 0.3 is 0 Å². The van der Waals surface area contributed by atoms with E-state index in [4.69, 9.17) is 0 Å². The Kier molecular flexibility index (Phi) is 7.53. The Morgan fingerprint density at radius 3 is 2.59 bits per heavy atom. The van der Waals surface area contributed by atoms with Gasteiger partial charge in [-0.2, -0.15) is 0 Å². The van der Waals surface area contributed by atoms with Gasteiger partial charge in [-0.3, -0.25) is 14.5 Å². The lowest BCUT2D eigenvalue weighted by Gasteiger charge is -2.37. The molecule has 8 heteroatoms. The maximum Gasteiger partial charge on any atom is 0.246 e. The van der Waals surface area contributed by atoms with Gasteiger partial charge < -0.3 is 20.5 Å². The van der Waals surface area contributed by atoms with E-state index in [-0.39, 0.29) is 35.6 Å². The Balaban J connectivity index is 1.50. The number of nitrogens with zero attached hydrogens (tertiary/aromatic N) is 2. The highest BCUT2D eigenvalue weighted by Gasteiger charge is 2.52. The van der Waals surface area contributed by atoms with Gasteiger partial charge in [-0.1, -0.05) is 51.1 Å². The number of likely N-dealkylation sites (N-methyl/N-ethyl adjacent to an activating group) is 1.